The molecular weight excluding hydrogens is 264 g/mol. The zero-order valence-corrected chi connectivity index (χ0v) is 12.5. The summed E-state index contributed by atoms with van der Waals surface area (Å²) in [4.78, 5) is 2.16. The van der Waals surface area contributed by atoms with Gasteiger partial charge in [-0.25, -0.2) is 0 Å². The molecule has 1 heterocycles. The third-order valence-corrected chi connectivity index (χ3v) is 4.30. The lowest BCUT2D eigenvalue weighted by molar-refractivity contribution is 0.243. The molecule has 1 aromatic carbocycles. The average Bonchev–Trinajstić information content (AvgIpc) is 3.09. The molecule has 1 aliphatic rings. The molecule has 4 heteroatoms. The second-order valence-electron chi connectivity index (χ2n) is 5.84. The number of nitrogens with one attached hydrogen (secondary N) is 1. The van der Waals surface area contributed by atoms with Gasteiger partial charge in [0.15, 0.2) is 0 Å². The van der Waals surface area contributed by atoms with Gasteiger partial charge in [0.2, 0.25) is 0 Å². The normalized spacial score (nSPS) is 18.9. The van der Waals surface area contributed by atoms with Crippen molar-refractivity contribution in [1.82, 2.24) is 10.2 Å². The van der Waals surface area contributed by atoms with Gasteiger partial charge in [0, 0.05) is 12.6 Å². The molecule has 3 rings (SSSR count). The minimum atomic E-state index is 0.210. The zero-order chi connectivity index (χ0) is 14.8. The summed E-state index contributed by atoms with van der Waals surface area (Å²) in [5.74, 6) is 1.40. The van der Waals surface area contributed by atoms with Crippen LogP contribution in [0.25, 0.3) is 0 Å². The smallest absolute Gasteiger partial charge is 0.122 e. The first-order valence-electron chi connectivity index (χ1n) is 7.41. The first-order chi connectivity index (χ1) is 10.2. The van der Waals surface area contributed by atoms with E-state index in [0.29, 0.717) is 11.8 Å². The highest BCUT2D eigenvalue weighted by molar-refractivity contribution is 5.44. The quantitative estimate of drug-likeness (QED) is 0.887. The van der Waals surface area contributed by atoms with Crippen molar-refractivity contribution in [3.05, 3.63) is 53.5 Å². The van der Waals surface area contributed by atoms with E-state index < -0.39 is 0 Å². The van der Waals surface area contributed by atoms with Crippen molar-refractivity contribution in [3.8, 4) is 5.75 Å². The third-order valence-electron chi connectivity index (χ3n) is 4.30. The summed E-state index contributed by atoms with van der Waals surface area (Å²) in [5, 5.41) is 13.5. The van der Waals surface area contributed by atoms with Crippen LogP contribution in [0.2, 0.25) is 0 Å². The molecule has 0 radical (unpaired) electrons. The van der Waals surface area contributed by atoms with E-state index in [1.807, 2.05) is 18.2 Å². The maximum atomic E-state index is 9.91. The number of phenols is 1. The van der Waals surface area contributed by atoms with E-state index in [1.165, 1.54) is 5.56 Å². The lowest BCUT2D eigenvalue weighted by Gasteiger charge is -2.25. The molecule has 21 heavy (non-hydrogen) atoms. The molecule has 4 nitrogen and oxygen atoms in total. The number of aromatic hydroxyl groups is 1. The monoisotopic (exact) mass is 286 g/mol. The number of benzene rings is 1. The van der Waals surface area contributed by atoms with Crippen molar-refractivity contribution < 1.29 is 9.52 Å². The van der Waals surface area contributed by atoms with E-state index in [-0.39, 0.29) is 6.04 Å². The van der Waals surface area contributed by atoms with E-state index in [9.17, 15) is 5.11 Å². The highest BCUT2D eigenvalue weighted by atomic mass is 16.3. The van der Waals surface area contributed by atoms with Gasteiger partial charge in [-0.3, -0.25) is 4.90 Å². The van der Waals surface area contributed by atoms with E-state index in [0.717, 1.165) is 30.7 Å². The molecule has 2 atom stereocenters. The Morgan fingerprint density at radius 3 is 2.90 bits per heavy atom. The van der Waals surface area contributed by atoms with Crippen LogP contribution < -0.4 is 5.32 Å². The van der Waals surface area contributed by atoms with E-state index in [2.05, 4.69) is 30.4 Å². The van der Waals surface area contributed by atoms with Crippen LogP contribution in [0.15, 0.2) is 41.0 Å². The van der Waals surface area contributed by atoms with Crippen LogP contribution in [-0.4, -0.2) is 30.6 Å². The maximum Gasteiger partial charge on any atom is 0.122 e. The molecule has 2 aromatic rings. The van der Waals surface area contributed by atoms with Crippen molar-refractivity contribution in [3.63, 3.8) is 0 Å². The van der Waals surface area contributed by atoms with Crippen LogP contribution in [0.1, 0.15) is 35.4 Å². The fourth-order valence-corrected chi connectivity index (χ4v) is 3.12. The maximum absolute atomic E-state index is 9.91. The summed E-state index contributed by atoms with van der Waals surface area (Å²) in [6.45, 7) is 0.820. The van der Waals surface area contributed by atoms with Crippen LogP contribution >= 0.6 is 0 Å². The van der Waals surface area contributed by atoms with E-state index in [1.54, 1.807) is 12.3 Å². The minimum absolute atomic E-state index is 0.210. The highest BCUT2D eigenvalue weighted by Gasteiger charge is 2.26. The van der Waals surface area contributed by atoms with Crippen molar-refractivity contribution in [2.45, 2.75) is 24.9 Å². The molecule has 0 fully saturated rings. The Hall–Kier alpha value is -1.78. The summed E-state index contributed by atoms with van der Waals surface area (Å²) in [6, 6.07) is 10.3. The summed E-state index contributed by atoms with van der Waals surface area (Å²) in [5.41, 5.74) is 2.32. The van der Waals surface area contributed by atoms with Crippen molar-refractivity contribution >= 4 is 0 Å². The molecule has 2 N–H and O–H groups in total. The Morgan fingerprint density at radius 2 is 2.19 bits per heavy atom. The first-order valence-corrected chi connectivity index (χ1v) is 7.41. The van der Waals surface area contributed by atoms with Crippen LogP contribution in [-0.2, 0) is 6.42 Å². The van der Waals surface area contributed by atoms with Gasteiger partial charge in [-0.2, -0.15) is 0 Å². The molecule has 0 spiro atoms. The molecule has 2 unspecified atom stereocenters. The number of rotatable bonds is 5. The van der Waals surface area contributed by atoms with Gasteiger partial charge in [-0.1, -0.05) is 12.1 Å². The van der Waals surface area contributed by atoms with Gasteiger partial charge in [0.25, 0.3) is 0 Å². The molecule has 112 valence electrons. The molecule has 0 bridgehead atoms. The van der Waals surface area contributed by atoms with Gasteiger partial charge in [0.1, 0.15) is 11.5 Å². The predicted molar refractivity (Wildman–Crippen MR) is 82.3 cm³/mol. The molecule has 0 amide bonds. The first kappa shape index (κ1) is 14.2. The van der Waals surface area contributed by atoms with Gasteiger partial charge < -0.3 is 14.8 Å². The number of nitrogens with zero attached hydrogens (tertiary/aromatic N) is 1. The Morgan fingerprint density at radius 1 is 1.33 bits per heavy atom. The van der Waals surface area contributed by atoms with Crippen molar-refractivity contribution in [1.29, 1.82) is 0 Å². The van der Waals surface area contributed by atoms with E-state index >= 15 is 0 Å². The van der Waals surface area contributed by atoms with Gasteiger partial charge in [0.05, 0.1) is 12.3 Å². The molecule has 0 saturated heterocycles. The summed E-state index contributed by atoms with van der Waals surface area (Å²) in [7, 11) is 4.12. The number of likely N-dealkylation sites (N-methyl/N-ethyl adjacent to an activating group) is 1. The zero-order valence-electron chi connectivity index (χ0n) is 12.5. The van der Waals surface area contributed by atoms with Crippen molar-refractivity contribution in [2.24, 2.45) is 0 Å². The summed E-state index contributed by atoms with van der Waals surface area (Å²) in [6.07, 6.45) is 3.69. The number of hydrogen-bond acceptors (Lipinski definition) is 4. The topological polar surface area (TPSA) is 48.6 Å². The average molecular weight is 286 g/mol. The van der Waals surface area contributed by atoms with E-state index in [4.69, 9.17) is 4.42 Å². The van der Waals surface area contributed by atoms with Crippen LogP contribution in [0, 0.1) is 0 Å². The van der Waals surface area contributed by atoms with Gasteiger partial charge in [-0.05, 0) is 56.3 Å². The van der Waals surface area contributed by atoms with Crippen molar-refractivity contribution in [2.75, 3.05) is 20.6 Å². The SMILES string of the molecule is CN(C)C(CNC1CCc2c(O)cccc21)c1ccco1. The van der Waals surface area contributed by atoms with Crippen LogP contribution in [0.3, 0.4) is 0 Å². The predicted octanol–water partition coefficient (Wildman–Crippen LogP) is 2.87. The fraction of sp³-hybridized carbons (Fsp3) is 0.412. The number of furan rings is 1. The largest absolute Gasteiger partial charge is 0.508 e. The van der Waals surface area contributed by atoms with Gasteiger partial charge >= 0.3 is 0 Å². The molecular formula is C17H22N2O2. The van der Waals surface area contributed by atoms with Gasteiger partial charge in [-0.15, -0.1) is 0 Å². The molecule has 1 aromatic heterocycles. The molecule has 0 aliphatic heterocycles. The van der Waals surface area contributed by atoms with Crippen LogP contribution in [0.5, 0.6) is 5.75 Å². The number of fused-ring (bicyclic) bond motifs is 1. The highest BCUT2D eigenvalue weighted by Crippen LogP contribution is 2.36. The number of phenolic OH excluding ortho intramolecular Hbond substituents is 1. The lowest BCUT2D eigenvalue weighted by Crippen LogP contribution is -2.32. The second-order valence-corrected chi connectivity index (χ2v) is 5.84. The standard InChI is InChI=1S/C17H22N2O2/c1-19(2)15(17-7-4-10-21-17)11-18-14-9-8-13-12(14)5-3-6-16(13)20/h3-7,10,14-15,18,20H,8-9,11H2,1-2H3. The Balaban J connectivity index is 1.70. The fourth-order valence-electron chi connectivity index (χ4n) is 3.12. The lowest BCUT2D eigenvalue weighted by atomic mass is 10.1. The Kier molecular flexibility index (Phi) is 3.99. The minimum Gasteiger partial charge on any atom is -0.508 e. The number of hydrogen-bond donors (Lipinski definition) is 2. The second kappa shape index (κ2) is 5.92. The summed E-state index contributed by atoms with van der Waals surface area (Å²) < 4.78 is 5.54. The molecule has 1 aliphatic carbocycles. The third kappa shape index (κ3) is 2.82. The molecule has 0 saturated carbocycles. The summed E-state index contributed by atoms with van der Waals surface area (Å²) >= 11 is 0. The van der Waals surface area contributed by atoms with Crippen LogP contribution in [0.4, 0.5) is 0 Å². The Labute approximate surface area is 125 Å². The Bertz CT molecular complexity index is 593.